The van der Waals surface area contributed by atoms with Crippen LogP contribution in [0.25, 0.3) is 0 Å². The Hall–Kier alpha value is -3.97. The van der Waals surface area contributed by atoms with Gasteiger partial charge in [-0.3, -0.25) is 4.79 Å². The van der Waals surface area contributed by atoms with E-state index in [0.717, 1.165) is 28.4 Å². The maximum Gasteiger partial charge on any atom is 0.355 e. The molecule has 0 spiro atoms. The van der Waals surface area contributed by atoms with E-state index < -0.39 is 17.8 Å². The Morgan fingerprint density at radius 2 is 1.12 bits per heavy atom. The van der Waals surface area contributed by atoms with Gasteiger partial charge in [0.25, 0.3) is 5.91 Å². The summed E-state index contributed by atoms with van der Waals surface area (Å²) in [7, 11) is 1.36. The lowest BCUT2D eigenvalue weighted by atomic mass is 10.2. The number of hydrogen-bond donors (Lipinski definition) is 2. The van der Waals surface area contributed by atoms with Crippen LogP contribution in [0.2, 0.25) is 0 Å². The van der Waals surface area contributed by atoms with Gasteiger partial charge in [0, 0.05) is 19.3 Å². The molecule has 0 aliphatic carbocycles. The number of hydrogen-bond acceptors (Lipinski definition) is 5. The topological polar surface area (TPSA) is 102 Å². The Bertz CT molecular complexity index is 969. The second-order valence-corrected chi connectivity index (χ2v) is 7.13. The first-order valence-electron chi connectivity index (χ1n) is 10.4. The van der Waals surface area contributed by atoms with Gasteiger partial charge < -0.3 is 14.7 Å². The summed E-state index contributed by atoms with van der Waals surface area (Å²) >= 11 is 0. The van der Waals surface area contributed by atoms with Crippen molar-refractivity contribution in [3.63, 3.8) is 0 Å². The fourth-order valence-electron chi connectivity index (χ4n) is 2.04. The second kappa shape index (κ2) is 18.6. The van der Waals surface area contributed by atoms with Crippen molar-refractivity contribution in [2.75, 3.05) is 13.7 Å². The molecule has 0 aliphatic rings. The maximum atomic E-state index is 11.5. The minimum atomic E-state index is -0.969. The maximum absolute atomic E-state index is 11.5. The summed E-state index contributed by atoms with van der Waals surface area (Å²) < 4.78 is 4.60. The van der Waals surface area contributed by atoms with Crippen LogP contribution in [0.4, 0.5) is 0 Å². The van der Waals surface area contributed by atoms with E-state index in [1.54, 1.807) is 12.2 Å². The van der Waals surface area contributed by atoms with Crippen LogP contribution in [0.1, 0.15) is 27.7 Å². The normalized spacial score (nSPS) is 14.3. The van der Waals surface area contributed by atoms with E-state index >= 15 is 0 Å². The summed E-state index contributed by atoms with van der Waals surface area (Å²) in [4.78, 5) is 37.7. The van der Waals surface area contributed by atoms with Crippen molar-refractivity contribution in [3.8, 4) is 0 Å². The van der Waals surface area contributed by atoms with Gasteiger partial charge in [0.05, 0.1) is 0 Å². The van der Waals surface area contributed by atoms with Crippen LogP contribution >= 0.6 is 0 Å². The Morgan fingerprint density at radius 1 is 0.676 bits per heavy atom. The number of amides is 1. The highest BCUT2D eigenvalue weighted by atomic mass is 16.7. The molecule has 0 aromatic rings. The van der Waals surface area contributed by atoms with Crippen molar-refractivity contribution in [3.05, 3.63) is 107 Å². The summed E-state index contributed by atoms with van der Waals surface area (Å²) in [6.07, 6.45) is 24.5. The van der Waals surface area contributed by atoms with Crippen LogP contribution in [0.15, 0.2) is 107 Å². The number of hydroxylamine groups is 1. The van der Waals surface area contributed by atoms with Crippen LogP contribution < -0.4 is 5.48 Å². The molecule has 0 unspecified atom stereocenters. The Kier molecular flexibility index (Phi) is 16.4. The predicted molar refractivity (Wildman–Crippen MR) is 134 cm³/mol. The number of nitrogens with one attached hydrogen (secondary N) is 1. The monoisotopic (exact) mass is 467 g/mol. The Labute approximate surface area is 201 Å². The number of aliphatic carboxylic acids is 1. The summed E-state index contributed by atoms with van der Waals surface area (Å²) in [5.41, 5.74) is 5.73. The zero-order valence-corrected chi connectivity index (χ0v) is 20.3. The van der Waals surface area contributed by atoms with E-state index in [0.29, 0.717) is 0 Å². The largest absolute Gasteiger partial charge is 0.478 e. The fourth-order valence-corrected chi connectivity index (χ4v) is 2.04. The smallest absolute Gasteiger partial charge is 0.355 e. The highest BCUT2D eigenvalue weighted by Crippen LogP contribution is 2.02. The fraction of sp³-hybridized carbons (Fsp3) is 0.222. The third-order valence-corrected chi connectivity index (χ3v) is 3.78. The highest BCUT2D eigenvalue weighted by molar-refractivity contribution is 5.84. The molecule has 0 fully saturated rings. The lowest BCUT2D eigenvalue weighted by molar-refractivity contribution is -0.155. The lowest BCUT2D eigenvalue weighted by Gasteiger charge is -2.01. The Morgan fingerprint density at radius 3 is 1.59 bits per heavy atom. The first-order chi connectivity index (χ1) is 16.1. The van der Waals surface area contributed by atoms with Crippen LogP contribution in [0, 0.1) is 0 Å². The summed E-state index contributed by atoms with van der Waals surface area (Å²) in [6, 6.07) is 0. The van der Waals surface area contributed by atoms with Crippen molar-refractivity contribution in [2.45, 2.75) is 27.7 Å². The third kappa shape index (κ3) is 18.8. The van der Waals surface area contributed by atoms with Gasteiger partial charge in [0.1, 0.15) is 6.61 Å². The molecule has 0 rings (SSSR count). The highest BCUT2D eigenvalue weighted by Gasteiger charge is 2.02. The van der Waals surface area contributed by atoms with Gasteiger partial charge in [-0.05, 0) is 27.7 Å². The molecule has 0 radical (unpaired) electrons. The van der Waals surface area contributed by atoms with Crippen LogP contribution in [-0.4, -0.2) is 36.7 Å². The average Bonchev–Trinajstić information content (AvgIpc) is 2.78. The molecule has 0 saturated heterocycles. The van der Waals surface area contributed by atoms with E-state index in [9.17, 15) is 14.4 Å². The van der Waals surface area contributed by atoms with Crippen molar-refractivity contribution >= 4 is 17.8 Å². The molecule has 0 atom stereocenters. The van der Waals surface area contributed by atoms with Crippen molar-refractivity contribution < 1.29 is 29.1 Å². The SMILES string of the molecule is COCC(=O)NOC(=O)/C=C/C(C)=C/C=C/C(C)=C/C=C/C=C(C)/C=C/C=C(C)\C=C\C(=O)O. The number of ether oxygens (including phenoxy) is 1. The van der Waals surface area contributed by atoms with Gasteiger partial charge in [-0.2, -0.15) is 5.48 Å². The second-order valence-electron chi connectivity index (χ2n) is 7.13. The van der Waals surface area contributed by atoms with E-state index in [2.05, 4.69) is 9.57 Å². The minimum Gasteiger partial charge on any atom is -0.478 e. The molecular weight excluding hydrogens is 434 g/mol. The van der Waals surface area contributed by atoms with Crippen LogP contribution in [-0.2, 0) is 24.0 Å². The van der Waals surface area contributed by atoms with E-state index in [1.165, 1.54) is 13.2 Å². The lowest BCUT2D eigenvalue weighted by Crippen LogP contribution is -2.29. The molecule has 0 aromatic carbocycles. The molecule has 34 heavy (non-hydrogen) atoms. The number of carboxylic acid groups (broad SMARTS) is 1. The number of rotatable bonds is 12. The van der Waals surface area contributed by atoms with Gasteiger partial charge in [0.15, 0.2) is 0 Å². The minimum absolute atomic E-state index is 0.192. The molecule has 0 heterocycles. The van der Waals surface area contributed by atoms with Crippen molar-refractivity contribution in [1.82, 2.24) is 5.48 Å². The first-order valence-corrected chi connectivity index (χ1v) is 10.4. The molecule has 7 nitrogen and oxygen atoms in total. The number of allylic oxidation sites excluding steroid dienone is 16. The molecule has 2 N–H and O–H groups in total. The molecule has 7 heteroatoms. The predicted octanol–water partition coefficient (Wildman–Crippen LogP) is 4.86. The van der Waals surface area contributed by atoms with Crippen LogP contribution in [0.5, 0.6) is 0 Å². The van der Waals surface area contributed by atoms with Gasteiger partial charge >= 0.3 is 11.9 Å². The summed E-state index contributed by atoms with van der Waals surface area (Å²) in [6.45, 7) is 7.41. The number of carbonyl (C=O) groups excluding carboxylic acids is 2. The summed E-state index contributed by atoms with van der Waals surface area (Å²) in [5.74, 6) is -2.21. The van der Waals surface area contributed by atoms with Gasteiger partial charge in [-0.25, -0.2) is 9.59 Å². The first kappa shape index (κ1) is 30.0. The van der Waals surface area contributed by atoms with E-state index in [-0.39, 0.29) is 6.61 Å². The van der Waals surface area contributed by atoms with Gasteiger partial charge in [-0.15, -0.1) is 0 Å². The molecule has 1 amide bonds. The molecule has 0 saturated carbocycles. The van der Waals surface area contributed by atoms with Gasteiger partial charge in [0.2, 0.25) is 0 Å². The molecule has 0 bridgehead atoms. The van der Waals surface area contributed by atoms with Crippen molar-refractivity contribution in [2.24, 2.45) is 0 Å². The number of carbonyl (C=O) groups is 3. The molecule has 182 valence electrons. The van der Waals surface area contributed by atoms with Gasteiger partial charge in [-0.1, -0.05) is 95.2 Å². The Balaban J connectivity index is 4.63. The van der Waals surface area contributed by atoms with Crippen molar-refractivity contribution in [1.29, 1.82) is 0 Å². The molecular formula is C27H33NO6. The van der Waals surface area contributed by atoms with E-state index in [1.807, 2.05) is 93.9 Å². The molecule has 0 aromatic heterocycles. The quantitative estimate of drug-likeness (QED) is 0.241. The third-order valence-electron chi connectivity index (χ3n) is 3.78. The number of methoxy groups -OCH3 is 1. The average molecular weight is 468 g/mol. The molecule has 0 aliphatic heterocycles. The summed E-state index contributed by atoms with van der Waals surface area (Å²) in [5, 5.41) is 8.60. The zero-order valence-electron chi connectivity index (χ0n) is 20.3. The zero-order chi connectivity index (χ0) is 25.8. The standard InChI is InChI=1S/C27H33NO6/c1-21(12-8-14-23(3)16-18-26(30)31)10-6-7-11-22(2)13-9-15-24(4)17-19-27(32)34-28-25(29)20-33-5/h6-19H,20H2,1-5H3,(H,28,29)(H,30,31)/b7-6+,12-8+,13-9+,18-16+,19-17+,21-10+,22-11+,23-14-,24-15+. The van der Waals surface area contributed by atoms with Crippen LogP contribution in [0.3, 0.4) is 0 Å². The number of carboxylic acids is 1. The van der Waals surface area contributed by atoms with E-state index in [4.69, 9.17) is 5.11 Å².